The van der Waals surface area contributed by atoms with Crippen molar-refractivity contribution in [3.8, 4) is 6.01 Å². The van der Waals surface area contributed by atoms with Crippen molar-refractivity contribution in [2.45, 2.75) is 12.3 Å². The molecular weight excluding hydrogens is 228 g/mol. The fourth-order valence-corrected chi connectivity index (χ4v) is 1.70. The number of nitrogen functional groups attached to an aromatic ring is 1. The first kappa shape index (κ1) is 11.1. The Morgan fingerprint density at radius 2 is 2.12 bits per heavy atom. The van der Waals surface area contributed by atoms with Crippen LogP contribution in [0.25, 0.3) is 0 Å². The van der Waals surface area contributed by atoms with Crippen LogP contribution in [0, 0.1) is 0 Å². The summed E-state index contributed by atoms with van der Waals surface area (Å²) < 4.78 is 4.73. The topological polar surface area (TPSA) is 127 Å². The Bertz CT molecular complexity index is 550. The first-order valence-corrected chi connectivity index (χ1v) is 4.80. The number of aromatic amines is 1. The lowest BCUT2D eigenvalue weighted by molar-refractivity contribution is -0.125. The lowest BCUT2D eigenvalue weighted by Crippen LogP contribution is -2.26. The number of aromatic nitrogens is 2. The van der Waals surface area contributed by atoms with Gasteiger partial charge >= 0.3 is 0 Å². The van der Waals surface area contributed by atoms with Crippen molar-refractivity contribution in [2.75, 3.05) is 12.8 Å². The molecule has 0 radical (unpaired) electrons. The second kappa shape index (κ2) is 3.89. The maximum Gasteiger partial charge on any atom is 0.298 e. The molecule has 1 aromatic rings. The van der Waals surface area contributed by atoms with Crippen molar-refractivity contribution in [1.82, 2.24) is 15.3 Å². The highest BCUT2D eigenvalue weighted by molar-refractivity contribution is 6.06. The molecular formula is C9H10N4O4. The number of rotatable bonds is 2. The van der Waals surface area contributed by atoms with Gasteiger partial charge in [0.15, 0.2) is 0 Å². The number of hydrogen-bond acceptors (Lipinski definition) is 6. The highest BCUT2D eigenvalue weighted by Crippen LogP contribution is 2.25. The van der Waals surface area contributed by atoms with Crippen LogP contribution in [0.15, 0.2) is 4.79 Å². The summed E-state index contributed by atoms with van der Waals surface area (Å²) in [4.78, 5) is 40.3. The second-order valence-electron chi connectivity index (χ2n) is 3.54. The van der Waals surface area contributed by atoms with E-state index in [4.69, 9.17) is 10.5 Å². The first-order chi connectivity index (χ1) is 8.02. The van der Waals surface area contributed by atoms with Gasteiger partial charge < -0.3 is 10.5 Å². The number of anilines is 1. The normalized spacial score (nSPS) is 19.2. The van der Waals surface area contributed by atoms with Gasteiger partial charge in [-0.15, -0.1) is 0 Å². The molecule has 1 fully saturated rings. The average molecular weight is 238 g/mol. The van der Waals surface area contributed by atoms with Crippen molar-refractivity contribution < 1.29 is 14.3 Å². The van der Waals surface area contributed by atoms with Crippen molar-refractivity contribution in [3.05, 3.63) is 15.9 Å². The van der Waals surface area contributed by atoms with Crippen LogP contribution in [0.4, 0.5) is 5.82 Å². The van der Waals surface area contributed by atoms with Crippen LogP contribution < -0.4 is 21.3 Å². The van der Waals surface area contributed by atoms with Gasteiger partial charge in [-0.05, 0) is 0 Å². The Morgan fingerprint density at radius 3 is 2.59 bits per heavy atom. The van der Waals surface area contributed by atoms with E-state index in [9.17, 15) is 14.4 Å². The summed E-state index contributed by atoms with van der Waals surface area (Å²) in [5, 5.41) is 2.10. The van der Waals surface area contributed by atoms with E-state index in [1.165, 1.54) is 7.11 Å². The zero-order valence-electron chi connectivity index (χ0n) is 8.94. The molecule has 1 aliphatic heterocycles. The molecule has 17 heavy (non-hydrogen) atoms. The predicted octanol–water partition coefficient (Wildman–Crippen LogP) is -1.51. The third kappa shape index (κ3) is 1.84. The molecule has 0 aromatic carbocycles. The van der Waals surface area contributed by atoms with Gasteiger partial charge in [-0.25, -0.2) is 0 Å². The summed E-state index contributed by atoms with van der Waals surface area (Å²) in [7, 11) is 1.32. The number of methoxy groups -OCH3 is 1. The standard InChI is InChI=1S/C9H10N4O4/c1-17-9-12-6(10)5(8(16)13-9)3-2-4(14)11-7(3)15/h3H,2H2,1H3,(H,11,14,15)(H3,10,12,13,16). The predicted molar refractivity (Wildman–Crippen MR) is 56.3 cm³/mol. The molecule has 0 aliphatic carbocycles. The molecule has 1 unspecified atom stereocenters. The van der Waals surface area contributed by atoms with Crippen molar-refractivity contribution in [2.24, 2.45) is 0 Å². The summed E-state index contributed by atoms with van der Waals surface area (Å²) in [6.07, 6.45) is -0.0971. The third-order valence-electron chi connectivity index (χ3n) is 2.47. The van der Waals surface area contributed by atoms with Gasteiger partial charge in [0.25, 0.3) is 11.6 Å². The molecule has 90 valence electrons. The fraction of sp³-hybridized carbons (Fsp3) is 0.333. The average Bonchev–Trinajstić information content (AvgIpc) is 2.57. The number of carbonyl (C=O) groups excluding carboxylic acids is 2. The number of amides is 2. The molecule has 2 amide bonds. The van der Waals surface area contributed by atoms with E-state index in [1.807, 2.05) is 0 Å². The molecule has 0 saturated carbocycles. The number of carbonyl (C=O) groups is 2. The van der Waals surface area contributed by atoms with Crippen LogP contribution in [0.3, 0.4) is 0 Å². The van der Waals surface area contributed by atoms with Gasteiger partial charge in [-0.1, -0.05) is 0 Å². The molecule has 8 heteroatoms. The molecule has 8 nitrogen and oxygen atoms in total. The summed E-state index contributed by atoms with van der Waals surface area (Å²) >= 11 is 0. The Morgan fingerprint density at radius 1 is 1.41 bits per heavy atom. The molecule has 1 aromatic heterocycles. The number of H-pyrrole nitrogens is 1. The molecule has 0 spiro atoms. The zero-order valence-corrected chi connectivity index (χ0v) is 8.94. The van der Waals surface area contributed by atoms with Gasteiger partial charge in [0.2, 0.25) is 11.8 Å². The Kier molecular flexibility index (Phi) is 2.54. The lowest BCUT2D eigenvalue weighted by atomic mass is 9.99. The number of ether oxygens (including phenoxy) is 1. The molecule has 1 saturated heterocycles. The lowest BCUT2D eigenvalue weighted by Gasteiger charge is -2.08. The second-order valence-corrected chi connectivity index (χ2v) is 3.54. The number of nitrogens with two attached hydrogens (primary N) is 1. The van der Waals surface area contributed by atoms with E-state index in [2.05, 4.69) is 15.3 Å². The van der Waals surface area contributed by atoms with Gasteiger partial charge in [-0.3, -0.25) is 24.7 Å². The minimum Gasteiger partial charge on any atom is -0.468 e. The maximum absolute atomic E-state index is 11.7. The van der Waals surface area contributed by atoms with Crippen LogP contribution in [-0.2, 0) is 9.59 Å². The number of imide groups is 1. The zero-order chi connectivity index (χ0) is 12.6. The fourth-order valence-electron chi connectivity index (χ4n) is 1.70. The van der Waals surface area contributed by atoms with E-state index in [0.717, 1.165) is 0 Å². The molecule has 4 N–H and O–H groups in total. The van der Waals surface area contributed by atoms with E-state index in [0.29, 0.717) is 0 Å². The molecule has 2 rings (SSSR count). The summed E-state index contributed by atoms with van der Waals surface area (Å²) in [6, 6.07) is -0.0408. The first-order valence-electron chi connectivity index (χ1n) is 4.80. The van der Waals surface area contributed by atoms with E-state index < -0.39 is 23.3 Å². The molecule has 0 bridgehead atoms. The molecule has 2 heterocycles. The summed E-state index contributed by atoms with van der Waals surface area (Å²) in [5.74, 6) is -1.97. The molecule has 1 atom stereocenters. The van der Waals surface area contributed by atoms with Gasteiger partial charge in [0.1, 0.15) is 5.82 Å². The quantitative estimate of drug-likeness (QED) is 0.537. The smallest absolute Gasteiger partial charge is 0.298 e. The highest BCUT2D eigenvalue weighted by atomic mass is 16.5. The highest BCUT2D eigenvalue weighted by Gasteiger charge is 2.35. The number of nitrogens with one attached hydrogen (secondary N) is 2. The SMILES string of the molecule is COc1nc(N)c(C2CC(=O)NC2=O)c(=O)[nH]1. The van der Waals surface area contributed by atoms with Gasteiger partial charge in [0.05, 0.1) is 18.6 Å². The monoisotopic (exact) mass is 238 g/mol. The van der Waals surface area contributed by atoms with Crippen molar-refractivity contribution >= 4 is 17.6 Å². The van der Waals surface area contributed by atoms with Crippen LogP contribution in [0.5, 0.6) is 6.01 Å². The Hall–Kier alpha value is -2.38. The van der Waals surface area contributed by atoms with Gasteiger partial charge in [0, 0.05) is 6.42 Å². The summed E-state index contributed by atoms with van der Waals surface area (Å²) in [6.45, 7) is 0. The number of nitrogens with zero attached hydrogens (tertiary/aromatic N) is 1. The minimum atomic E-state index is -0.885. The van der Waals surface area contributed by atoms with Gasteiger partial charge in [-0.2, -0.15) is 4.98 Å². The Labute approximate surface area is 95.2 Å². The minimum absolute atomic E-state index is 0.00542. The van der Waals surface area contributed by atoms with Crippen LogP contribution in [0.1, 0.15) is 17.9 Å². The molecule has 1 aliphatic rings. The largest absolute Gasteiger partial charge is 0.468 e. The Balaban J connectivity index is 2.50. The maximum atomic E-state index is 11.7. The van der Waals surface area contributed by atoms with Crippen LogP contribution >= 0.6 is 0 Å². The third-order valence-corrected chi connectivity index (χ3v) is 2.47. The van der Waals surface area contributed by atoms with E-state index in [1.54, 1.807) is 0 Å². The van der Waals surface area contributed by atoms with Crippen molar-refractivity contribution in [1.29, 1.82) is 0 Å². The number of hydrogen-bond donors (Lipinski definition) is 3. The van der Waals surface area contributed by atoms with E-state index >= 15 is 0 Å². The van der Waals surface area contributed by atoms with E-state index in [-0.39, 0.29) is 23.8 Å². The van der Waals surface area contributed by atoms with Crippen molar-refractivity contribution in [3.63, 3.8) is 0 Å². The van der Waals surface area contributed by atoms with Crippen LogP contribution in [0.2, 0.25) is 0 Å². The van der Waals surface area contributed by atoms with Crippen LogP contribution in [-0.4, -0.2) is 28.9 Å². The summed E-state index contributed by atoms with van der Waals surface area (Å²) in [5.41, 5.74) is 5.00.